The highest BCUT2D eigenvalue weighted by Crippen LogP contribution is 2.34. The van der Waals surface area contributed by atoms with Crippen LogP contribution in [0.25, 0.3) is 11.4 Å². The van der Waals surface area contributed by atoms with Gasteiger partial charge in [-0.1, -0.05) is 30.3 Å². The smallest absolute Gasteiger partial charge is 0.230 e. The van der Waals surface area contributed by atoms with Gasteiger partial charge in [0.05, 0.1) is 5.41 Å². The van der Waals surface area contributed by atoms with Crippen molar-refractivity contribution in [2.75, 3.05) is 32.8 Å². The Bertz CT molecular complexity index is 762. The topological polar surface area (TPSA) is 97.1 Å². The highest BCUT2D eigenvalue weighted by atomic mass is 16.5. The first-order valence-corrected chi connectivity index (χ1v) is 9.77. The lowest BCUT2D eigenvalue weighted by molar-refractivity contribution is -0.148. The molecule has 27 heavy (non-hydrogen) atoms. The zero-order valence-corrected chi connectivity index (χ0v) is 15.6. The minimum Gasteiger partial charge on any atom is -0.381 e. The van der Waals surface area contributed by atoms with Crippen molar-refractivity contribution in [1.82, 2.24) is 20.1 Å². The summed E-state index contributed by atoms with van der Waals surface area (Å²) >= 11 is 0. The average Bonchev–Trinajstić information content (AvgIpc) is 3.25. The molecule has 0 radical (unpaired) electrons. The van der Waals surface area contributed by atoms with Crippen LogP contribution in [0.15, 0.2) is 30.3 Å². The van der Waals surface area contributed by atoms with Gasteiger partial charge in [0.2, 0.25) is 5.91 Å². The highest BCUT2D eigenvalue weighted by molar-refractivity contribution is 5.83. The Balaban J connectivity index is 1.39. The van der Waals surface area contributed by atoms with Crippen LogP contribution in [0, 0.1) is 5.41 Å². The first-order chi connectivity index (χ1) is 13.2. The van der Waals surface area contributed by atoms with Crippen molar-refractivity contribution < 1.29 is 9.53 Å². The van der Waals surface area contributed by atoms with Crippen molar-refractivity contribution >= 4 is 5.91 Å². The second-order valence-corrected chi connectivity index (χ2v) is 7.57. The largest absolute Gasteiger partial charge is 0.381 e. The number of hydrogen-bond donors (Lipinski definition) is 2. The maximum atomic E-state index is 13.1. The van der Waals surface area contributed by atoms with Gasteiger partial charge in [0.25, 0.3) is 0 Å². The SMILES string of the molecule is NCC1(C(=O)N2CCC(c3nc(-c4ccccc4)n[nH]3)CC2)CCOCC1. The van der Waals surface area contributed by atoms with Crippen LogP contribution in [0.2, 0.25) is 0 Å². The van der Waals surface area contributed by atoms with Crippen LogP contribution in [0.5, 0.6) is 0 Å². The molecular formula is C20H27N5O2. The standard InChI is InChI=1S/C20H27N5O2/c21-14-20(8-12-27-13-9-20)19(26)25-10-6-16(7-11-25)18-22-17(23-24-18)15-4-2-1-3-5-15/h1-5,16H,6-14,21H2,(H,22,23,24). The summed E-state index contributed by atoms with van der Waals surface area (Å²) in [5.41, 5.74) is 6.57. The lowest BCUT2D eigenvalue weighted by Gasteiger charge is -2.41. The van der Waals surface area contributed by atoms with Crippen LogP contribution in [-0.4, -0.2) is 58.8 Å². The van der Waals surface area contributed by atoms with Gasteiger partial charge in [0.15, 0.2) is 5.82 Å². The highest BCUT2D eigenvalue weighted by Gasteiger charge is 2.42. The average molecular weight is 369 g/mol. The molecule has 1 aromatic heterocycles. The van der Waals surface area contributed by atoms with Crippen LogP contribution >= 0.6 is 0 Å². The molecule has 7 nitrogen and oxygen atoms in total. The number of H-pyrrole nitrogens is 1. The molecule has 1 aromatic carbocycles. The van der Waals surface area contributed by atoms with Gasteiger partial charge in [0, 0.05) is 44.3 Å². The summed E-state index contributed by atoms with van der Waals surface area (Å²) in [7, 11) is 0. The van der Waals surface area contributed by atoms with Gasteiger partial charge in [-0.15, -0.1) is 0 Å². The fourth-order valence-electron chi connectivity index (χ4n) is 4.13. The van der Waals surface area contributed by atoms with Gasteiger partial charge in [-0.3, -0.25) is 9.89 Å². The van der Waals surface area contributed by atoms with E-state index >= 15 is 0 Å². The molecule has 2 saturated heterocycles. The number of amides is 1. The lowest BCUT2D eigenvalue weighted by Crippen LogP contribution is -2.52. The van der Waals surface area contributed by atoms with Crippen molar-refractivity contribution in [1.29, 1.82) is 0 Å². The van der Waals surface area contributed by atoms with E-state index in [0.29, 0.717) is 25.7 Å². The Morgan fingerprint density at radius 2 is 1.93 bits per heavy atom. The fraction of sp³-hybridized carbons (Fsp3) is 0.550. The molecule has 7 heteroatoms. The quantitative estimate of drug-likeness (QED) is 0.858. The molecule has 2 aliphatic rings. The number of piperidine rings is 1. The summed E-state index contributed by atoms with van der Waals surface area (Å²) < 4.78 is 5.43. The molecule has 0 spiro atoms. The number of carbonyl (C=O) groups is 1. The van der Waals surface area contributed by atoms with Gasteiger partial charge in [-0.2, -0.15) is 5.10 Å². The maximum Gasteiger partial charge on any atom is 0.230 e. The van der Waals surface area contributed by atoms with E-state index in [9.17, 15) is 4.79 Å². The van der Waals surface area contributed by atoms with Crippen molar-refractivity contribution in [3.63, 3.8) is 0 Å². The molecular weight excluding hydrogens is 342 g/mol. The Morgan fingerprint density at radius 3 is 2.59 bits per heavy atom. The summed E-state index contributed by atoms with van der Waals surface area (Å²) in [4.78, 5) is 19.8. The van der Waals surface area contributed by atoms with E-state index in [2.05, 4.69) is 15.2 Å². The predicted molar refractivity (Wildman–Crippen MR) is 102 cm³/mol. The first-order valence-electron chi connectivity index (χ1n) is 9.77. The van der Waals surface area contributed by atoms with E-state index in [1.165, 1.54) is 0 Å². The van der Waals surface area contributed by atoms with Gasteiger partial charge in [-0.05, 0) is 25.7 Å². The summed E-state index contributed by atoms with van der Waals surface area (Å²) in [6, 6.07) is 9.97. The van der Waals surface area contributed by atoms with Crippen molar-refractivity contribution in [2.45, 2.75) is 31.6 Å². The van der Waals surface area contributed by atoms with Crippen molar-refractivity contribution in [3.05, 3.63) is 36.2 Å². The molecule has 0 unspecified atom stereocenters. The van der Waals surface area contributed by atoms with Crippen LogP contribution in [0.1, 0.15) is 37.4 Å². The normalized spacial score (nSPS) is 20.6. The van der Waals surface area contributed by atoms with Crippen molar-refractivity contribution in [2.24, 2.45) is 11.1 Å². The monoisotopic (exact) mass is 369 g/mol. The molecule has 0 saturated carbocycles. The molecule has 2 aliphatic heterocycles. The number of carbonyl (C=O) groups excluding carboxylic acids is 1. The number of aromatic amines is 1. The summed E-state index contributed by atoms with van der Waals surface area (Å²) in [6.07, 6.45) is 3.24. The number of nitrogens with one attached hydrogen (secondary N) is 1. The Morgan fingerprint density at radius 1 is 1.22 bits per heavy atom. The third kappa shape index (κ3) is 3.61. The summed E-state index contributed by atoms with van der Waals surface area (Å²) in [5, 5.41) is 7.47. The maximum absolute atomic E-state index is 13.1. The lowest BCUT2D eigenvalue weighted by atomic mass is 9.78. The molecule has 2 aromatic rings. The van der Waals surface area contributed by atoms with Crippen LogP contribution in [-0.2, 0) is 9.53 Å². The van der Waals surface area contributed by atoms with Gasteiger partial charge in [-0.25, -0.2) is 4.98 Å². The Labute approximate surface area is 159 Å². The van der Waals surface area contributed by atoms with E-state index in [4.69, 9.17) is 10.5 Å². The third-order valence-electron chi connectivity index (χ3n) is 6.00. The zero-order chi connectivity index (χ0) is 18.7. The zero-order valence-electron chi connectivity index (χ0n) is 15.6. The van der Waals surface area contributed by atoms with Crippen molar-refractivity contribution in [3.8, 4) is 11.4 Å². The molecule has 144 valence electrons. The van der Waals surface area contributed by atoms with E-state index in [-0.39, 0.29) is 5.91 Å². The molecule has 4 rings (SSSR count). The third-order valence-corrected chi connectivity index (χ3v) is 6.00. The number of aromatic nitrogens is 3. The number of rotatable bonds is 4. The van der Waals surface area contributed by atoms with Gasteiger partial charge >= 0.3 is 0 Å². The molecule has 2 fully saturated rings. The fourth-order valence-corrected chi connectivity index (χ4v) is 4.13. The molecule has 0 bridgehead atoms. The predicted octanol–water partition coefficient (Wildman–Crippen LogP) is 1.93. The van der Waals surface area contributed by atoms with E-state index in [0.717, 1.165) is 56.0 Å². The first kappa shape index (κ1) is 18.1. The summed E-state index contributed by atoms with van der Waals surface area (Å²) in [5.74, 6) is 2.16. The number of benzene rings is 1. The number of nitrogens with two attached hydrogens (primary N) is 1. The van der Waals surface area contributed by atoms with Gasteiger partial charge < -0.3 is 15.4 Å². The second-order valence-electron chi connectivity index (χ2n) is 7.57. The molecule has 1 amide bonds. The molecule has 0 atom stereocenters. The Kier molecular flexibility index (Phi) is 5.22. The molecule has 3 heterocycles. The van der Waals surface area contributed by atoms with Crippen LogP contribution < -0.4 is 5.73 Å². The van der Waals surface area contributed by atoms with Gasteiger partial charge in [0.1, 0.15) is 5.82 Å². The Hall–Kier alpha value is -2.25. The van der Waals surface area contributed by atoms with E-state index < -0.39 is 5.41 Å². The van der Waals surface area contributed by atoms with Crippen LogP contribution in [0.4, 0.5) is 0 Å². The number of ether oxygens (including phenoxy) is 1. The van der Waals surface area contributed by atoms with E-state index in [1.54, 1.807) is 0 Å². The minimum absolute atomic E-state index is 0.203. The number of hydrogen-bond acceptors (Lipinski definition) is 5. The summed E-state index contributed by atoms with van der Waals surface area (Å²) in [6.45, 7) is 3.14. The van der Waals surface area contributed by atoms with E-state index in [1.807, 2.05) is 35.2 Å². The minimum atomic E-state index is -0.433. The molecule has 0 aliphatic carbocycles. The molecule has 3 N–H and O–H groups in total. The second kappa shape index (κ2) is 7.78. The van der Waals surface area contributed by atoms with Crippen LogP contribution in [0.3, 0.4) is 0 Å². The number of nitrogens with zero attached hydrogens (tertiary/aromatic N) is 3. The number of likely N-dealkylation sites (tertiary alicyclic amines) is 1.